The first-order valence-corrected chi connectivity index (χ1v) is 12.5. The van der Waals surface area contributed by atoms with E-state index in [0.717, 1.165) is 18.4 Å². The number of nitrogens with one attached hydrogen (secondary N) is 1. The average molecular weight is 479 g/mol. The van der Waals surface area contributed by atoms with Crippen molar-refractivity contribution in [3.8, 4) is 17.2 Å². The summed E-state index contributed by atoms with van der Waals surface area (Å²) in [7, 11) is -0.702. The third kappa shape index (κ3) is 6.61. The number of methoxy groups -OCH3 is 2. The maximum Gasteiger partial charge on any atom is 0.255 e. The molecule has 1 amide bonds. The first-order chi connectivity index (χ1) is 15.8. The Hall–Kier alpha value is -2.78. The second kappa shape index (κ2) is 12.5. The molecule has 0 unspecified atom stereocenters. The van der Waals surface area contributed by atoms with Crippen LogP contribution >= 0.6 is 0 Å². The third-order valence-corrected chi connectivity index (χ3v) is 7.24. The number of amides is 1. The Labute approximate surface area is 196 Å². The first-order valence-electron chi connectivity index (χ1n) is 11.1. The number of nitrogens with zero attached hydrogens (tertiary/aromatic N) is 1. The van der Waals surface area contributed by atoms with Gasteiger partial charge in [0.05, 0.1) is 31.3 Å². The van der Waals surface area contributed by atoms with Crippen LogP contribution in [0.25, 0.3) is 0 Å². The van der Waals surface area contributed by atoms with Crippen LogP contribution in [0.1, 0.15) is 49.5 Å². The van der Waals surface area contributed by atoms with E-state index in [-0.39, 0.29) is 17.0 Å². The predicted molar refractivity (Wildman–Crippen MR) is 128 cm³/mol. The van der Waals surface area contributed by atoms with Gasteiger partial charge in [-0.25, -0.2) is 8.42 Å². The smallest absolute Gasteiger partial charge is 0.255 e. The monoisotopic (exact) mass is 478 g/mol. The minimum atomic E-state index is -3.71. The number of sulfonamides is 1. The van der Waals surface area contributed by atoms with Gasteiger partial charge in [-0.2, -0.15) is 4.31 Å². The molecule has 0 radical (unpaired) electrons. The number of hydrogen-bond acceptors (Lipinski definition) is 6. The molecular formula is C24H34N2O6S. The highest BCUT2D eigenvalue weighted by atomic mass is 32.2. The number of benzene rings is 2. The number of carbonyl (C=O) groups excluding carboxylic acids is 1. The van der Waals surface area contributed by atoms with E-state index in [2.05, 4.69) is 12.2 Å². The molecule has 0 atom stereocenters. The minimum Gasteiger partial charge on any atom is -0.496 e. The van der Waals surface area contributed by atoms with Gasteiger partial charge >= 0.3 is 0 Å². The topological polar surface area (TPSA) is 94.2 Å². The summed E-state index contributed by atoms with van der Waals surface area (Å²) in [6, 6.07) is 9.77. The Balaban J connectivity index is 2.21. The fourth-order valence-electron chi connectivity index (χ4n) is 3.28. The molecule has 0 bridgehead atoms. The zero-order valence-electron chi connectivity index (χ0n) is 20.0. The molecule has 2 aromatic carbocycles. The lowest BCUT2D eigenvalue weighted by Gasteiger charge is -2.19. The SMILES string of the molecule is CCCCOc1ccc(CNC(=O)c2cc(S(=O)(=O)N(CC)CC)ccc2OC)cc1OC. The molecule has 0 fully saturated rings. The van der Waals surface area contributed by atoms with Gasteiger partial charge in [0.1, 0.15) is 5.75 Å². The van der Waals surface area contributed by atoms with Crippen molar-refractivity contribution in [1.29, 1.82) is 0 Å². The van der Waals surface area contributed by atoms with Crippen LogP contribution in [0.3, 0.4) is 0 Å². The van der Waals surface area contributed by atoms with E-state index in [1.165, 1.54) is 29.6 Å². The van der Waals surface area contributed by atoms with Gasteiger partial charge in [-0.15, -0.1) is 0 Å². The lowest BCUT2D eigenvalue weighted by Crippen LogP contribution is -2.31. The molecule has 33 heavy (non-hydrogen) atoms. The highest BCUT2D eigenvalue weighted by molar-refractivity contribution is 7.89. The number of hydrogen-bond donors (Lipinski definition) is 1. The largest absolute Gasteiger partial charge is 0.496 e. The van der Waals surface area contributed by atoms with Crippen molar-refractivity contribution in [2.24, 2.45) is 0 Å². The zero-order chi connectivity index (χ0) is 24.4. The predicted octanol–water partition coefficient (Wildman–Crippen LogP) is 3.84. The number of unbranched alkanes of at least 4 members (excludes halogenated alkanes) is 1. The highest BCUT2D eigenvalue weighted by Gasteiger charge is 2.24. The summed E-state index contributed by atoms with van der Waals surface area (Å²) in [5, 5.41) is 2.83. The first kappa shape index (κ1) is 26.5. The zero-order valence-corrected chi connectivity index (χ0v) is 20.8. The summed E-state index contributed by atoms with van der Waals surface area (Å²) < 4.78 is 43.5. The van der Waals surface area contributed by atoms with E-state index < -0.39 is 15.9 Å². The van der Waals surface area contributed by atoms with Gasteiger partial charge < -0.3 is 19.5 Å². The van der Waals surface area contributed by atoms with Gasteiger partial charge in [0.15, 0.2) is 11.5 Å². The molecule has 0 heterocycles. The van der Waals surface area contributed by atoms with Gasteiger partial charge in [0.25, 0.3) is 5.91 Å². The molecule has 182 valence electrons. The van der Waals surface area contributed by atoms with E-state index >= 15 is 0 Å². The molecule has 9 heteroatoms. The highest BCUT2D eigenvalue weighted by Crippen LogP contribution is 2.29. The molecular weight excluding hydrogens is 444 g/mol. The molecule has 0 saturated carbocycles. The maximum absolute atomic E-state index is 12.9. The second-order valence-corrected chi connectivity index (χ2v) is 9.26. The minimum absolute atomic E-state index is 0.0485. The van der Waals surface area contributed by atoms with Crippen molar-refractivity contribution >= 4 is 15.9 Å². The van der Waals surface area contributed by atoms with Gasteiger partial charge in [-0.1, -0.05) is 33.3 Å². The van der Waals surface area contributed by atoms with Crippen molar-refractivity contribution in [3.63, 3.8) is 0 Å². The van der Waals surface area contributed by atoms with Crippen molar-refractivity contribution in [3.05, 3.63) is 47.5 Å². The normalized spacial score (nSPS) is 11.3. The molecule has 2 aromatic rings. The number of ether oxygens (including phenoxy) is 3. The van der Waals surface area contributed by atoms with E-state index in [0.29, 0.717) is 36.9 Å². The molecule has 0 aromatic heterocycles. The summed E-state index contributed by atoms with van der Waals surface area (Å²) in [4.78, 5) is 13.0. The Morgan fingerprint density at radius 3 is 2.21 bits per heavy atom. The van der Waals surface area contributed by atoms with Crippen LogP contribution in [-0.2, 0) is 16.6 Å². The van der Waals surface area contributed by atoms with Crippen LogP contribution in [0, 0.1) is 0 Å². The Bertz CT molecular complexity index is 1040. The standard InChI is InChI=1S/C24H34N2O6S/c1-6-9-14-32-22-12-10-18(15-23(22)31-5)17-25-24(27)20-16-19(11-13-21(20)30-4)33(28,29)26(7-2)8-3/h10-13,15-16H,6-9,14,17H2,1-5H3,(H,25,27). The van der Waals surface area contributed by atoms with Crippen molar-refractivity contribution in [2.45, 2.75) is 45.1 Å². The lowest BCUT2D eigenvalue weighted by atomic mass is 10.1. The fraction of sp³-hybridized carbons (Fsp3) is 0.458. The summed E-state index contributed by atoms with van der Waals surface area (Å²) in [6.45, 7) is 7.14. The summed E-state index contributed by atoms with van der Waals surface area (Å²) >= 11 is 0. The molecule has 8 nitrogen and oxygen atoms in total. The Morgan fingerprint density at radius 2 is 1.61 bits per heavy atom. The molecule has 0 aliphatic carbocycles. The summed E-state index contributed by atoms with van der Waals surface area (Å²) in [5.41, 5.74) is 0.964. The van der Waals surface area contributed by atoms with Crippen LogP contribution in [-0.4, -0.2) is 52.5 Å². The summed E-state index contributed by atoms with van der Waals surface area (Å²) in [5.74, 6) is 1.09. The average Bonchev–Trinajstić information content (AvgIpc) is 2.83. The van der Waals surface area contributed by atoms with E-state index in [1.54, 1.807) is 27.0 Å². The van der Waals surface area contributed by atoms with E-state index in [9.17, 15) is 13.2 Å². The van der Waals surface area contributed by atoms with Crippen LogP contribution in [0.2, 0.25) is 0 Å². The van der Waals surface area contributed by atoms with E-state index in [4.69, 9.17) is 14.2 Å². The molecule has 0 aliphatic heterocycles. The quantitative estimate of drug-likeness (QED) is 0.440. The Kier molecular flexibility index (Phi) is 9.99. The molecule has 0 saturated heterocycles. The maximum atomic E-state index is 12.9. The van der Waals surface area contributed by atoms with E-state index in [1.807, 2.05) is 12.1 Å². The molecule has 0 spiro atoms. The van der Waals surface area contributed by atoms with Gasteiger partial charge in [0, 0.05) is 19.6 Å². The third-order valence-electron chi connectivity index (χ3n) is 5.20. The molecule has 0 aliphatic rings. The number of carbonyl (C=O) groups is 1. The lowest BCUT2D eigenvalue weighted by molar-refractivity contribution is 0.0947. The van der Waals surface area contributed by atoms with Gasteiger partial charge in [-0.05, 0) is 42.3 Å². The van der Waals surface area contributed by atoms with Gasteiger partial charge in [0.2, 0.25) is 10.0 Å². The van der Waals surface area contributed by atoms with Crippen molar-refractivity contribution < 1.29 is 27.4 Å². The van der Waals surface area contributed by atoms with Crippen LogP contribution in [0.5, 0.6) is 17.2 Å². The second-order valence-electron chi connectivity index (χ2n) is 7.32. The molecule has 2 rings (SSSR count). The van der Waals surface area contributed by atoms with Crippen LogP contribution in [0.4, 0.5) is 0 Å². The van der Waals surface area contributed by atoms with Crippen LogP contribution in [0.15, 0.2) is 41.3 Å². The van der Waals surface area contributed by atoms with Crippen molar-refractivity contribution in [2.75, 3.05) is 33.9 Å². The van der Waals surface area contributed by atoms with Crippen molar-refractivity contribution in [1.82, 2.24) is 9.62 Å². The van der Waals surface area contributed by atoms with Gasteiger partial charge in [-0.3, -0.25) is 4.79 Å². The van der Waals surface area contributed by atoms with Crippen LogP contribution < -0.4 is 19.5 Å². The Morgan fingerprint density at radius 1 is 0.939 bits per heavy atom. The summed E-state index contributed by atoms with van der Waals surface area (Å²) in [6.07, 6.45) is 1.99. The fourth-order valence-corrected chi connectivity index (χ4v) is 4.77. The molecule has 1 N–H and O–H groups in total. The number of rotatable bonds is 13.